The van der Waals surface area contributed by atoms with Crippen molar-refractivity contribution < 1.29 is 17.9 Å². The summed E-state index contributed by atoms with van der Waals surface area (Å²) in [6.07, 6.45) is 1.44. The molecule has 4 rings (SSSR count). The summed E-state index contributed by atoms with van der Waals surface area (Å²) in [4.78, 5) is 16.9. The van der Waals surface area contributed by atoms with Crippen LogP contribution >= 0.6 is 0 Å². The summed E-state index contributed by atoms with van der Waals surface area (Å²) < 4.78 is 33.5. The molecule has 0 aliphatic carbocycles. The normalized spacial score (nSPS) is 13.3. The van der Waals surface area contributed by atoms with Crippen LogP contribution in [0.2, 0.25) is 0 Å². The van der Waals surface area contributed by atoms with Gasteiger partial charge in [-0.3, -0.25) is 14.5 Å². The van der Waals surface area contributed by atoms with Crippen molar-refractivity contribution >= 4 is 27.5 Å². The second kappa shape index (κ2) is 9.65. The molecule has 164 valence electrons. The first-order valence-electron chi connectivity index (χ1n) is 10.2. The molecule has 0 radical (unpaired) electrons. The number of nitrogens with zero attached hydrogens (tertiary/aromatic N) is 1. The number of hydrogen-bond acceptors (Lipinski definition) is 5. The highest BCUT2D eigenvalue weighted by Crippen LogP contribution is 2.19. The molecule has 3 aromatic rings. The number of hydrogen-bond donors (Lipinski definition) is 2. The fourth-order valence-corrected chi connectivity index (χ4v) is 4.38. The van der Waals surface area contributed by atoms with Gasteiger partial charge in [0.2, 0.25) is 0 Å². The van der Waals surface area contributed by atoms with Crippen molar-refractivity contribution in [1.29, 1.82) is 0 Å². The Kier molecular flexibility index (Phi) is 6.51. The molecule has 2 N–H and O–H groups in total. The lowest BCUT2D eigenvalue weighted by molar-refractivity contribution is 0.102. The summed E-state index contributed by atoms with van der Waals surface area (Å²) in [5, 5.41) is 2.75. The molecule has 32 heavy (non-hydrogen) atoms. The molecule has 0 unspecified atom stereocenters. The lowest BCUT2D eigenvalue weighted by atomic mass is 10.2. The summed E-state index contributed by atoms with van der Waals surface area (Å²) in [7, 11) is -3.76. The SMILES string of the molecule is O=C(Nc1cccc(S(=O)(=O)NC2=NCCC2)c1)c1cccc(OCc2ccccc2)c1. The first-order valence-corrected chi connectivity index (χ1v) is 11.7. The number of benzene rings is 3. The number of carbonyl (C=O) groups excluding carboxylic acids is 1. The van der Waals surface area contributed by atoms with E-state index >= 15 is 0 Å². The summed E-state index contributed by atoms with van der Waals surface area (Å²) in [6, 6.07) is 22.7. The fraction of sp³-hybridized carbons (Fsp3) is 0.167. The third-order valence-corrected chi connectivity index (χ3v) is 6.25. The number of carbonyl (C=O) groups is 1. The van der Waals surface area contributed by atoms with Crippen LogP contribution < -0.4 is 14.8 Å². The number of amides is 1. The van der Waals surface area contributed by atoms with Gasteiger partial charge in [-0.05, 0) is 48.4 Å². The topological polar surface area (TPSA) is 96.9 Å². The van der Waals surface area contributed by atoms with E-state index in [-0.39, 0.29) is 10.8 Å². The molecule has 1 aliphatic heterocycles. The summed E-state index contributed by atoms with van der Waals surface area (Å²) in [5.41, 5.74) is 1.81. The molecule has 0 saturated carbocycles. The second-order valence-electron chi connectivity index (χ2n) is 7.32. The van der Waals surface area contributed by atoms with Crippen LogP contribution in [0.3, 0.4) is 0 Å². The molecule has 0 saturated heterocycles. The highest BCUT2D eigenvalue weighted by atomic mass is 32.2. The van der Waals surface area contributed by atoms with Gasteiger partial charge in [0.15, 0.2) is 0 Å². The molecule has 8 heteroatoms. The lowest BCUT2D eigenvalue weighted by Crippen LogP contribution is -2.29. The Morgan fingerprint density at radius 1 is 0.969 bits per heavy atom. The monoisotopic (exact) mass is 449 g/mol. The molecule has 1 heterocycles. The minimum Gasteiger partial charge on any atom is -0.489 e. The van der Waals surface area contributed by atoms with Crippen LogP contribution in [0.15, 0.2) is 88.8 Å². The zero-order valence-electron chi connectivity index (χ0n) is 17.3. The maximum atomic E-state index is 12.7. The Hall–Kier alpha value is -3.65. The Morgan fingerprint density at radius 2 is 1.78 bits per heavy atom. The standard InChI is InChI=1S/C24H23N3O4S/c28-24(19-9-4-11-21(15-19)31-17-18-7-2-1-3-8-18)26-20-10-5-12-22(16-20)32(29,30)27-23-13-6-14-25-23/h1-5,7-12,15-16H,6,13-14,17H2,(H,25,27)(H,26,28). The van der Waals surface area contributed by atoms with Crippen LogP contribution in [-0.2, 0) is 16.6 Å². The maximum Gasteiger partial charge on any atom is 0.262 e. The van der Waals surface area contributed by atoms with E-state index in [4.69, 9.17) is 4.74 Å². The van der Waals surface area contributed by atoms with E-state index in [9.17, 15) is 13.2 Å². The van der Waals surface area contributed by atoms with Gasteiger partial charge in [0, 0.05) is 24.2 Å². The van der Waals surface area contributed by atoms with E-state index < -0.39 is 10.0 Å². The predicted octanol–water partition coefficient (Wildman–Crippen LogP) is 3.99. The summed E-state index contributed by atoms with van der Waals surface area (Å²) in [6.45, 7) is 1.02. The zero-order valence-corrected chi connectivity index (χ0v) is 18.1. The van der Waals surface area contributed by atoms with Gasteiger partial charge in [0.05, 0.1) is 4.90 Å². The number of rotatable bonds is 7. The van der Waals surface area contributed by atoms with Crippen LogP contribution in [0.5, 0.6) is 5.75 Å². The number of amidine groups is 1. The van der Waals surface area contributed by atoms with Gasteiger partial charge >= 0.3 is 0 Å². The van der Waals surface area contributed by atoms with Crippen molar-refractivity contribution in [2.45, 2.75) is 24.3 Å². The van der Waals surface area contributed by atoms with Gasteiger partial charge in [-0.2, -0.15) is 0 Å². The molecule has 3 aromatic carbocycles. The Bertz CT molecular complexity index is 1240. The fourth-order valence-electron chi connectivity index (χ4n) is 3.25. The highest BCUT2D eigenvalue weighted by Gasteiger charge is 2.19. The van der Waals surface area contributed by atoms with E-state index in [1.807, 2.05) is 30.3 Å². The first-order chi connectivity index (χ1) is 15.5. The molecular formula is C24H23N3O4S. The molecule has 0 bridgehead atoms. The summed E-state index contributed by atoms with van der Waals surface area (Å²) in [5.74, 6) is 0.670. The lowest BCUT2D eigenvalue weighted by Gasteiger charge is -2.11. The van der Waals surface area contributed by atoms with Gasteiger partial charge < -0.3 is 10.1 Å². The van der Waals surface area contributed by atoms with Crippen LogP contribution in [0.4, 0.5) is 5.69 Å². The van der Waals surface area contributed by atoms with Crippen LogP contribution in [0.1, 0.15) is 28.8 Å². The van der Waals surface area contributed by atoms with Gasteiger partial charge in [-0.25, -0.2) is 8.42 Å². The minimum atomic E-state index is -3.76. The van der Waals surface area contributed by atoms with Gasteiger partial charge in [0.1, 0.15) is 18.2 Å². The molecule has 0 aromatic heterocycles. The Balaban J connectivity index is 1.43. The largest absolute Gasteiger partial charge is 0.489 e. The second-order valence-corrected chi connectivity index (χ2v) is 9.00. The summed E-state index contributed by atoms with van der Waals surface area (Å²) >= 11 is 0. The van der Waals surface area contributed by atoms with Crippen molar-refractivity contribution in [2.24, 2.45) is 4.99 Å². The molecule has 7 nitrogen and oxygen atoms in total. The first kappa shape index (κ1) is 21.6. The number of anilines is 1. The molecular weight excluding hydrogens is 426 g/mol. The number of aliphatic imine (C=N–C) groups is 1. The Labute approximate surface area is 187 Å². The van der Waals surface area contributed by atoms with Crippen LogP contribution in [0, 0.1) is 0 Å². The van der Waals surface area contributed by atoms with E-state index in [2.05, 4.69) is 15.0 Å². The molecule has 0 spiro atoms. The number of ether oxygens (including phenoxy) is 1. The molecule has 1 amide bonds. The smallest absolute Gasteiger partial charge is 0.262 e. The van der Waals surface area contributed by atoms with Crippen molar-refractivity contribution in [3.63, 3.8) is 0 Å². The zero-order chi connectivity index (χ0) is 22.4. The van der Waals surface area contributed by atoms with E-state index in [0.717, 1.165) is 12.0 Å². The van der Waals surface area contributed by atoms with Gasteiger partial charge in [-0.1, -0.05) is 42.5 Å². The van der Waals surface area contributed by atoms with E-state index in [1.54, 1.807) is 36.4 Å². The van der Waals surface area contributed by atoms with Gasteiger partial charge in [0.25, 0.3) is 15.9 Å². The molecule has 0 atom stereocenters. The van der Waals surface area contributed by atoms with Crippen molar-refractivity contribution in [2.75, 3.05) is 11.9 Å². The number of sulfonamides is 1. The van der Waals surface area contributed by atoms with Crippen molar-refractivity contribution in [1.82, 2.24) is 4.72 Å². The van der Waals surface area contributed by atoms with E-state index in [0.29, 0.717) is 42.4 Å². The maximum absolute atomic E-state index is 12.7. The Morgan fingerprint density at radius 3 is 2.56 bits per heavy atom. The minimum absolute atomic E-state index is 0.0600. The van der Waals surface area contributed by atoms with Crippen molar-refractivity contribution in [3.05, 3.63) is 90.0 Å². The third-order valence-electron chi connectivity index (χ3n) is 4.87. The highest BCUT2D eigenvalue weighted by molar-refractivity contribution is 7.90. The molecule has 1 aliphatic rings. The average molecular weight is 450 g/mol. The van der Waals surface area contributed by atoms with Gasteiger partial charge in [-0.15, -0.1) is 0 Å². The van der Waals surface area contributed by atoms with Crippen LogP contribution in [-0.4, -0.2) is 26.7 Å². The quantitative estimate of drug-likeness (QED) is 0.570. The van der Waals surface area contributed by atoms with E-state index in [1.165, 1.54) is 12.1 Å². The van der Waals surface area contributed by atoms with Crippen LogP contribution in [0.25, 0.3) is 0 Å². The van der Waals surface area contributed by atoms with Crippen molar-refractivity contribution in [3.8, 4) is 5.75 Å². The number of nitrogens with one attached hydrogen (secondary N) is 2. The predicted molar refractivity (Wildman–Crippen MR) is 123 cm³/mol. The average Bonchev–Trinajstić information content (AvgIpc) is 3.31. The molecule has 0 fully saturated rings. The third kappa shape index (κ3) is 5.53.